The second kappa shape index (κ2) is 6.21. The van der Waals surface area contributed by atoms with Crippen LogP contribution in [0.1, 0.15) is 28.8 Å². The van der Waals surface area contributed by atoms with Crippen molar-refractivity contribution in [1.82, 2.24) is 4.90 Å². The molecule has 1 amide bonds. The Labute approximate surface area is 113 Å². The van der Waals surface area contributed by atoms with Crippen LogP contribution in [0, 0.1) is 6.92 Å². The Bertz CT molecular complexity index is 439. The first-order valence-electron chi connectivity index (χ1n) is 6.64. The molecule has 2 heterocycles. The number of morpholine rings is 1. The van der Waals surface area contributed by atoms with E-state index >= 15 is 0 Å². The number of carbonyl (C=O) groups excluding carboxylic acids is 1. The quantitative estimate of drug-likeness (QED) is 0.832. The smallest absolute Gasteiger partial charge is 0.289 e. The number of carbonyl (C=O) groups is 1. The summed E-state index contributed by atoms with van der Waals surface area (Å²) in [4.78, 5) is 14.1. The Kier molecular flexibility index (Phi) is 4.61. The number of furan rings is 1. The van der Waals surface area contributed by atoms with Gasteiger partial charge in [0.15, 0.2) is 5.76 Å². The summed E-state index contributed by atoms with van der Waals surface area (Å²) >= 11 is 0. The third-order valence-electron chi connectivity index (χ3n) is 3.33. The molecule has 0 spiro atoms. The van der Waals surface area contributed by atoms with E-state index in [9.17, 15) is 4.79 Å². The van der Waals surface area contributed by atoms with Crippen molar-refractivity contribution in [3.05, 3.63) is 23.2 Å². The Hall–Kier alpha value is -1.33. The normalized spacial score (nSPS) is 19.7. The molecular formula is C14H21NO4. The van der Waals surface area contributed by atoms with Gasteiger partial charge in [-0.1, -0.05) is 6.92 Å². The predicted molar refractivity (Wildman–Crippen MR) is 70.3 cm³/mol. The molecule has 0 bridgehead atoms. The minimum absolute atomic E-state index is 0.0515. The van der Waals surface area contributed by atoms with Gasteiger partial charge in [0, 0.05) is 26.6 Å². The largest absolute Gasteiger partial charge is 0.456 e. The summed E-state index contributed by atoms with van der Waals surface area (Å²) in [6.45, 7) is 6.17. The molecule has 5 heteroatoms. The van der Waals surface area contributed by atoms with Gasteiger partial charge in [0.05, 0.1) is 19.3 Å². The molecule has 1 aliphatic heterocycles. The summed E-state index contributed by atoms with van der Waals surface area (Å²) in [6, 6.07) is 1.82. The molecule has 1 aromatic heterocycles. The zero-order valence-electron chi connectivity index (χ0n) is 11.8. The Morgan fingerprint density at radius 3 is 3.00 bits per heavy atom. The number of ether oxygens (including phenoxy) is 2. The molecule has 1 unspecified atom stereocenters. The van der Waals surface area contributed by atoms with E-state index in [0.29, 0.717) is 32.1 Å². The number of hydrogen-bond acceptors (Lipinski definition) is 4. The van der Waals surface area contributed by atoms with Crippen LogP contribution in [0.15, 0.2) is 10.5 Å². The predicted octanol–water partition coefficient (Wildman–Crippen LogP) is 1.64. The first kappa shape index (κ1) is 14.1. The first-order chi connectivity index (χ1) is 9.15. The van der Waals surface area contributed by atoms with E-state index in [2.05, 4.69) is 0 Å². The maximum atomic E-state index is 12.4. The summed E-state index contributed by atoms with van der Waals surface area (Å²) in [7, 11) is 1.63. The number of amides is 1. The lowest BCUT2D eigenvalue weighted by atomic mass is 10.2. The molecule has 0 aromatic carbocycles. The molecule has 0 saturated carbocycles. The molecule has 1 atom stereocenters. The van der Waals surface area contributed by atoms with Crippen molar-refractivity contribution in [2.45, 2.75) is 26.4 Å². The number of rotatable bonds is 4. The summed E-state index contributed by atoms with van der Waals surface area (Å²) in [6.07, 6.45) is 0.749. The van der Waals surface area contributed by atoms with Crippen LogP contribution < -0.4 is 0 Å². The van der Waals surface area contributed by atoms with Crippen molar-refractivity contribution in [2.24, 2.45) is 0 Å². The Morgan fingerprint density at radius 1 is 1.58 bits per heavy atom. The maximum absolute atomic E-state index is 12.4. The lowest BCUT2D eigenvalue weighted by molar-refractivity contribution is -0.0536. The molecule has 0 aliphatic carbocycles. The van der Waals surface area contributed by atoms with Crippen molar-refractivity contribution < 1.29 is 18.7 Å². The van der Waals surface area contributed by atoms with E-state index in [1.165, 1.54) is 0 Å². The van der Waals surface area contributed by atoms with Gasteiger partial charge in [-0.15, -0.1) is 0 Å². The van der Waals surface area contributed by atoms with E-state index in [0.717, 1.165) is 17.7 Å². The van der Waals surface area contributed by atoms with Crippen LogP contribution in [0.2, 0.25) is 0 Å². The third-order valence-corrected chi connectivity index (χ3v) is 3.33. The fourth-order valence-electron chi connectivity index (χ4n) is 2.32. The minimum Gasteiger partial charge on any atom is -0.456 e. The van der Waals surface area contributed by atoms with Gasteiger partial charge in [-0.2, -0.15) is 0 Å². The van der Waals surface area contributed by atoms with Gasteiger partial charge in [-0.05, 0) is 18.6 Å². The van der Waals surface area contributed by atoms with Gasteiger partial charge in [-0.25, -0.2) is 0 Å². The molecule has 1 fully saturated rings. The van der Waals surface area contributed by atoms with E-state index in [-0.39, 0.29) is 12.0 Å². The molecule has 0 radical (unpaired) electrons. The summed E-state index contributed by atoms with van der Waals surface area (Å²) in [5, 5.41) is 0. The molecule has 5 nitrogen and oxygen atoms in total. The van der Waals surface area contributed by atoms with Crippen LogP contribution in [0.25, 0.3) is 0 Å². The average Bonchev–Trinajstić information content (AvgIpc) is 2.80. The van der Waals surface area contributed by atoms with Crippen molar-refractivity contribution in [3.63, 3.8) is 0 Å². The van der Waals surface area contributed by atoms with Crippen LogP contribution in [0.3, 0.4) is 0 Å². The molecule has 1 saturated heterocycles. The zero-order valence-corrected chi connectivity index (χ0v) is 11.8. The topological polar surface area (TPSA) is 51.9 Å². The van der Waals surface area contributed by atoms with Gasteiger partial charge in [0.1, 0.15) is 5.76 Å². The highest BCUT2D eigenvalue weighted by Crippen LogP contribution is 2.18. The first-order valence-corrected chi connectivity index (χ1v) is 6.64. The molecule has 1 aliphatic rings. The monoisotopic (exact) mass is 267 g/mol. The van der Waals surface area contributed by atoms with Crippen LogP contribution >= 0.6 is 0 Å². The van der Waals surface area contributed by atoms with Gasteiger partial charge in [0.25, 0.3) is 5.91 Å². The summed E-state index contributed by atoms with van der Waals surface area (Å²) < 4.78 is 16.2. The Morgan fingerprint density at radius 2 is 2.37 bits per heavy atom. The van der Waals surface area contributed by atoms with E-state index in [4.69, 9.17) is 13.9 Å². The fourth-order valence-corrected chi connectivity index (χ4v) is 2.32. The van der Waals surface area contributed by atoms with E-state index in [1.54, 1.807) is 12.0 Å². The van der Waals surface area contributed by atoms with Crippen molar-refractivity contribution >= 4 is 5.91 Å². The maximum Gasteiger partial charge on any atom is 0.289 e. The van der Waals surface area contributed by atoms with E-state index < -0.39 is 0 Å². The fraction of sp³-hybridized carbons (Fsp3) is 0.643. The number of methoxy groups -OCH3 is 1. The third kappa shape index (κ3) is 3.16. The number of hydrogen-bond donors (Lipinski definition) is 0. The molecule has 2 rings (SSSR count). The van der Waals surface area contributed by atoms with Crippen molar-refractivity contribution in [3.8, 4) is 0 Å². The van der Waals surface area contributed by atoms with E-state index in [1.807, 2.05) is 19.9 Å². The highest BCUT2D eigenvalue weighted by Gasteiger charge is 2.27. The highest BCUT2D eigenvalue weighted by atomic mass is 16.5. The van der Waals surface area contributed by atoms with Crippen LogP contribution in [0.5, 0.6) is 0 Å². The van der Waals surface area contributed by atoms with Crippen molar-refractivity contribution in [2.75, 3.05) is 33.4 Å². The van der Waals surface area contributed by atoms with Crippen LogP contribution in [0.4, 0.5) is 0 Å². The van der Waals surface area contributed by atoms with Gasteiger partial charge < -0.3 is 18.8 Å². The molecule has 106 valence electrons. The lowest BCUT2D eigenvalue weighted by Crippen LogP contribution is -2.47. The van der Waals surface area contributed by atoms with Crippen LogP contribution in [-0.2, 0) is 15.9 Å². The number of nitrogens with zero attached hydrogens (tertiary/aromatic N) is 1. The SMILES string of the molecule is CCc1oc(C(=O)N2CCOC(COC)C2)cc1C. The molecule has 1 aromatic rings. The highest BCUT2D eigenvalue weighted by molar-refractivity contribution is 5.91. The summed E-state index contributed by atoms with van der Waals surface area (Å²) in [5.74, 6) is 1.24. The Balaban J connectivity index is 2.05. The average molecular weight is 267 g/mol. The second-order valence-electron chi connectivity index (χ2n) is 4.77. The molecule has 0 N–H and O–H groups in total. The van der Waals surface area contributed by atoms with Crippen LogP contribution in [-0.4, -0.2) is 50.3 Å². The second-order valence-corrected chi connectivity index (χ2v) is 4.77. The van der Waals surface area contributed by atoms with Gasteiger partial charge in [-0.3, -0.25) is 4.79 Å². The minimum atomic E-state index is -0.0628. The standard InChI is InChI=1S/C14H21NO4/c1-4-12-10(2)7-13(19-12)14(16)15-5-6-18-11(8-15)9-17-3/h7,11H,4-6,8-9H2,1-3H3. The van der Waals surface area contributed by atoms with Gasteiger partial charge >= 0.3 is 0 Å². The molecular weight excluding hydrogens is 246 g/mol. The summed E-state index contributed by atoms with van der Waals surface area (Å²) in [5.41, 5.74) is 1.03. The van der Waals surface area contributed by atoms with Crippen molar-refractivity contribution in [1.29, 1.82) is 0 Å². The lowest BCUT2D eigenvalue weighted by Gasteiger charge is -2.32. The number of aryl methyl sites for hydroxylation is 2. The van der Waals surface area contributed by atoms with Gasteiger partial charge in [0.2, 0.25) is 0 Å². The zero-order chi connectivity index (χ0) is 13.8. The molecule has 19 heavy (non-hydrogen) atoms.